The van der Waals surface area contributed by atoms with E-state index in [1.165, 1.54) is 0 Å². The minimum absolute atomic E-state index is 0.00783. The number of unbranched alkanes of at least 4 members (excludes halogenated alkanes) is 1. The van der Waals surface area contributed by atoms with Gasteiger partial charge in [-0.25, -0.2) is 4.98 Å². The number of halogens is 1. The Kier molecular flexibility index (Phi) is 7.07. The highest BCUT2D eigenvalue weighted by Gasteiger charge is 2.15. The lowest BCUT2D eigenvalue weighted by Gasteiger charge is -2.13. The molecule has 1 heterocycles. The van der Waals surface area contributed by atoms with Crippen molar-refractivity contribution in [3.63, 3.8) is 0 Å². The average molecular weight is 413 g/mol. The molecule has 1 aromatic heterocycles. The molecule has 0 aliphatic carbocycles. The topological polar surface area (TPSA) is 75.4 Å². The number of hydrogen-bond acceptors (Lipinski definition) is 3. The van der Waals surface area contributed by atoms with Crippen LogP contribution in [0.3, 0.4) is 0 Å². The average Bonchev–Trinajstić information content (AvgIpc) is 3.01. The molecular weight excluding hydrogens is 388 g/mol. The molecule has 5 nitrogen and oxygen atoms in total. The van der Waals surface area contributed by atoms with Gasteiger partial charge in [-0.2, -0.15) is 0 Å². The third-order valence-corrected chi connectivity index (χ3v) is 5.27. The summed E-state index contributed by atoms with van der Waals surface area (Å²) in [6.07, 6.45) is 2.88. The van der Waals surface area contributed by atoms with Gasteiger partial charge in [0.05, 0.1) is 18.7 Å². The molecule has 29 heavy (non-hydrogen) atoms. The van der Waals surface area contributed by atoms with E-state index in [0.29, 0.717) is 17.4 Å². The number of aromatic nitrogens is 2. The first kappa shape index (κ1) is 21.1. The van der Waals surface area contributed by atoms with Gasteiger partial charge < -0.3 is 14.8 Å². The van der Waals surface area contributed by atoms with E-state index >= 15 is 0 Å². The van der Waals surface area contributed by atoms with Gasteiger partial charge in [0.1, 0.15) is 5.82 Å². The van der Waals surface area contributed by atoms with Crippen LogP contribution < -0.4 is 0 Å². The zero-order valence-corrected chi connectivity index (χ0v) is 17.2. The molecule has 2 aromatic carbocycles. The number of hydrogen-bond donors (Lipinski definition) is 2. The summed E-state index contributed by atoms with van der Waals surface area (Å²) in [7, 11) is 0. The van der Waals surface area contributed by atoms with Crippen LogP contribution in [0.25, 0.3) is 11.1 Å². The number of nitrogens with zero attached hydrogens (tertiary/aromatic N) is 2. The summed E-state index contributed by atoms with van der Waals surface area (Å²) in [5.74, 6) is 0.0407. The Morgan fingerprint density at radius 1 is 1.14 bits per heavy atom. The van der Waals surface area contributed by atoms with Crippen LogP contribution in [0, 0.1) is 0 Å². The maximum atomic E-state index is 11.1. The van der Waals surface area contributed by atoms with Gasteiger partial charge in [-0.3, -0.25) is 4.79 Å². The molecule has 0 aliphatic heterocycles. The summed E-state index contributed by atoms with van der Waals surface area (Å²) in [5, 5.41) is 19.2. The highest BCUT2D eigenvalue weighted by Crippen LogP contribution is 2.26. The lowest BCUT2D eigenvalue weighted by atomic mass is 9.97. The molecule has 3 rings (SSSR count). The molecule has 0 bridgehead atoms. The number of benzene rings is 2. The lowest BCUT2D eigenvalue weighted by molar-refractivity contribution is -0.136. The number of carboxylic acid groups (broad SMARTS) is 1. The number of aliphatic hydroxyl groups excluding tert-OH is 1. The van der Waals surface area contributed by atoms with E-state index in [9.17, 15) is 9.90 Å². The normalized spacial score (nSPS) is 11.0. The number of carboxylic acids is 1. The second-order valence-corrected chi connectivity index (χ2v) is 7.40. The second kappa shape index (κ2) is 9.72. The molecule has 2 N–H and O–H groups in total. The van der Waals surface area contributed by atoms with Crippen molar-refractivity contribution in [1.82, 2.24) is 9.55 Å². The number of imidazole rings is 1. The van der Waals surface area contributed by atoms with Gasteiger partial charge in [-0.15, -0.1) is 0 Å². The van der Waals surface area contributed by atoms with Crippen molar-refractivity contribution in [1.29, 1.82) is 0 Å². The van der Waals surface area contributed by atoms with Crippen molar-refractivity contribution in [2.45, 2.75) is 45.8 Å². The van der Waals surface area contributed by atoms with E-state index in [1.54, 1.807) is 0 Å². The van der Waals surface area contributed by atoms with Crippen molar-refractivity contribution in [3.05, 3.63) is 76.3 Å². The molecule has 0 atom stereocenters. The van der Waals surface area contributed by atoms with Crippen LogP contribution >= 0.6 is 11.6 Å². The molecule has 0 radical (unpaired) electrons. The SMILES string of the molecule is CCCCc1nc(Cl)c(CO)n1Cc1ccc(-c2ccccc2CC(=O)O)cc1. The van der Waals surface area contributed by atoms with Gasteiger partial charge in [-0.05, 0) is 28.7 Å². The Balaban J connectivity index is 1.87. The highest BCUT2D eigenvalue weighted by atomic mass is 35.5. The van der Waals surface area contributed by atoms with E-state index in [-0.39, 0.29) is 13.0 Å². The zero-order chi connectivity index (χ0) is 20.8. The van der Waals surface area contributed by atoms with E-state index in [2.05, 4.69) is 11.9 Å². The van der Waals surface area contributed by atoms with Crippen LogP contribution in [0.1, 0.15) is 42.4 Å². The van der Waals surface area contributed by atoms with Gasteiger partial charge >= 0.3 is 5.97 Å². The highest BCUT2D eigenvalue weighted by molar-refractivity contribution is 6.30. The maximum absolute atomic E-state index is 11.1. The Morgan fingerprint density at radius 2 is 1.86 bits per heavy atom. The Hall–Kier alpha value is -2.63. The van der Waals surface area contributed by atoms with Crippen molar-refractivity contribution < 1.29 is 15.0 Å². The monoisotopic (exact) mass is 412 g/mol. The van der Waals surface area contributed by atoms with Gasteiger partial charge in [0.25, 0.3) is 0 Å². The van der Waals surface area contributed by atoms with E-state index < -0.39 is 5.97 Å². The minimum atomic E-state index is -0.845. The fourth-order valence-electron chi connectivity index (χ4n) is 3.46. The molecule has 0 unspecified atom stereocenters. The van der Waals surface area contributed by atoms with Crippen molar-refractivity contribution >= 4 is 17.6 Å². The molecule has 6 heteroatoms. The first-order chi connectivity index (χ1) is 14.0. The third-order valence-electron chi connectivity index (χ3n) is 4.97. The largest absolute Gasteiger partial charge is 0.481 e. The van der Waals surface area contributed by atoms with Crippen LogP contribution in [0.4, 0.5) is 0 Å². The predicted octanol–water partition coefficient (Wildman–Crippen LogP) is 4.71. The quantitative estimate of drug-likeness (QED) is 0.533. The molecule has 0 saturated heterocycles. The van der Waals surface area contributed by atoms with Crippen molar-refractivity contribution in [2.24, 2.45) is 0 Å². The second-order valence-electron chi connectivity index (χ2n) is 7.04. The van der Waals surface area contributed by atoms with Crippen molar-refractivity contribution in [3.8, 4) is 11.1 Å². The van der Waals surface area contributed by atoms with Gasteiger partial charge in [0, 0.05) is 13.0 Å². The molecule has 152 valence electrons. The standard InChI is InChI=1S/C23H25ClN2O3/c1-2-3-8-21-25-23(24)20(15-27)26(21)14-16-9-11-17(12-10-16)19-7-5-4-6-18(19)13-22(28)29/h4-7,9-12,27H,2-3,8,13-15H2,1H3,(H,28,29). The number of aliphatic carboxylic acids is 1. The summed E-state index contributed by atoms with van der Waals surface area (Å²) in [4.78, 5) is 15.6. The van der Waals surface area contributed by atoms with E-state index in [1.807, 2.05) is 53.1 Å². The number of rotatable bonds is 9. The van der Waals surface area contributed by atoms with Crippen LogP contribution in [-0.2, 0) is 30.8 Å². The number of aliphatic hydroxyl groups is 1. The molecular formula is C23H25ClN2O3. The minimum Gasteiger partial charge on any atom is -0.481 e. The zero-order valence-electron chi connectivity index (χ0n) is 16.4. The summed E-state index contributed by atoms with van der Waals surface area (Å²) in [6.45, 7) is 2.55. The molecule has 0 saturated carbocycles. The summed E-state index contributed by atoms with van der Waals surface area (Å²) in [5.41, 5.74) is 4.38. The summed E-state index contributed by atoms with van der Waals surface area (Å²) >= 11 is 6.22. The van der Waals surface area contributed by atoms with Gasteiger partial charge in [0.15, 0.2) is 5.15 Å². The van der Waals surface area contributed by atoms with Crippen LogP contribution in [-0.4, -0.2) is 25.7 Å². The van der Waals surface area contributed by atoms with Crippen LogP contribution in [0.2, 0.25) is 5.15 Å². The maximum Gasteiger partial charge on any atom is 0.307 e. The Morgan fingerprint density at radius 3 is 2.52 bits per heavy atom. The molecule has 0 fully saturated rings. The first-order valence-corrected chi connectivity index (χ1v) is 10.1. The van der Waals surface area contributed by atoms with E-state index in [0.717, 1.165) is 47.3 Å². The Labute approximate surface area is 175 Å². The smallest absolute Gasteiger partial charge is 0.307 e. The first-order valence-electron chi connectivity index (χ1n) is 9.77. The lowest BCUT2D eigenvalue weighted by Crippen LogP contribution is -2.09. The molecule has 0 amide bonds. The van der Waals surface area contributed by atoms with Crippen LogP contribution in [0.5, 0.6) is 0 Å². The summed E-state index contributed by atoms with van der Waals surface area (Å²) in [6, 6.07) is 15.6. The number of carbonyl (C=O) groups is 1. The fraction of sp³-hybridized carbons (Fsp3) is 0.304. The summed E-state index contributed by atoms with van der Waals surface area (Å²) < 4.78 is 1.99. The van der Waals surface area contributed by atoms with Gasteiger partial charge in [0.2, 0.25) is 0 Å². The molecule has 0 spiro atoms. The van der Waals surface area contributed by atoms with E-state index in [4.69, 9.17) is 16.7 Å². The predicted molar refractivity (Wildman–Crippen MR) is 114 cm³/mol. The number of aryl methyl sites for hydroxylation is 1. The van der Waals surface area contributed by atoms with Crippen LogP contribution in [0.15, 0.2) is 48.5 Å². The fourth-order valence-corrected chi connectivity index (χ4v) is 3.72. The third kappa shape index (κ3) is 5.05. The molecule has 0 aliphatic rings. The Bertz CT molecular complexity index is 980. The molecule has 3 aromatic rings. The van der Waals surface area contributed by atoms with Crippen molar-refractivity contribution in [2.75, 3.05) is 0 Å². The van der Waals surface area contributed by atoms with Gasteiger partial charge in [-0.1, -0.05) is 73.5 Å².